The van der Waals surface area contributed by atoms with E-state index in [0.717, 1.165) is 5.56 Å². The summed E-state index contributed by atoms with van der Waals surface area (Å²) in [4.78, 5) is 20.9. The third-order valence-corrected chi connectivity index (χ3v) is 4.13. The second kappa shape index (κ2) is 8.61. The zero-order valence-electron chi connectivity index (χ0n) is 15.8. The van der Waals surface area contributed by atoms with Gasteiger partial charge in [0.25, 0.3) is 11.8 Å². The van der Waals surface area contributed by atoms with Crippen molar-refractivity contribution in [2.75, 3.05) is 6.61 Å². The Morgan fingerprint density at radius 3 is 2.66 bits per heavy atom. The molecule has 0 bridgehead atoms. The van der Waals surface area contributed by atoms with Gasteiger partial charge < -0.3 is 20.1 Å². The van der Waals surface area contributed by atoms with Crippen LogP contribution in [0, 0.1) is 12.7 Å². The zero-order valence-corrected chi connectivity index (χ0v) is 15.8. The molecule has 3 rings (SSSR count). The second-order valence-electron chi connectivity index (χ2n) is 6.34. The molecule has 1 amide bonds. The van der Waals surface area contributed by atoms with Crippen molar-refractivity contribution in [1.29, 1.82) is 0 Å². The number of halogens is 1. The van der Waals surface area contributed by atoms with E-state index in [9.17, 15) is 19.4 Å². The van der Waals surface area contributed by atoms with Crippen LogP contribution in [0.2, 0.25) is 0 Å². The first-order valence-electron chi connectivity index (χ1n) is 8.73. The number of aryl methyl sites for hydroxylation is 1. The molecule has 1 atom stereocenters. The van der Waals surface area contributed by atoms with E-state index in [4.69, 9.17) is 4.52 Å². The Morgan fingerprint density at radius 1 is 1.28 bits per heavy atom. The molecule has 150 valence electrons. The minimum absolute atomic E-state index is 0.00920. The molecule has 1 heterocycles. The summed E-state index contributed by atoms with van der Waals surface area (Å²) >= 11 is 0. The first-order chi connectivity index (χ1) is 13.9. The fraction of sp³-hybridized carbons (Fsp3) is 0.200. The first kappa shape index (κ1) is 20.2. The highest BCUT2D eigenvalue weighted by atomic mass is 19.1. The molecule has 3 N–H and O–H groups in total. The number of rotatable bonds is 6. The van der Waals surface area contributed by atoms with Gasteiger partial charge in [0.05, 0.1) is 18.0 Å². The summed E-state index contributed by atoms with van der Waals surface area (Å²) in [5, 5.41) is 25.5. The number of aliphatic imine (C=N–C) groups is 1. The predicted octanol–water partition coefficient (Wildman–Crippen LogP) is 2.83. The second-order valence-corrected chi connectivity index (χ2v) is 6.34. The van der Waals surface area contributed by atoms with E-state index < -0.39 is 24.4 Å². The van der Waals surface area contributed by atoms with Crippen molar-refractivity contribution in [2.45, 2.75) is 19.9 Å². The van der Waals surface area contributed by atoms with Gasteiger partial charge in [-0.3, -0.25) is 4.79 Å². The molecule has 0 fully saturated rings. The Bertz CT molecular complexity index is 1050. The number of phenols is 1. The molecular weight excluding hydrogens is 379 g/mol. The number of aliphatic hydroxyl groups is 1. The summed E-state index contributed by atoms with van der Waals surface area (Å²) in [6.45, 7) is 3.02. The molecule has 0 saturated carbocycles. The number of phenolic OH excluding ortho intramolecular Hbond substituents is 1. The van der Waals surface area contributed by atoms with Crippen molar-refractivity contribution in [1.82, 2.24) is 15.5 Å². The minimum Gasteiger partial charge on any atom is -0.508 e. The van der Waals surface area contributed by atoms with Gasteiger partial charge in [0, 0.05) is 5.56 Å². The fourth-order valence-electron chi connectivity index (χ4n) is 2.55. The number of carbonyl (C=O) groups is 1. The summed E-state index contributed by atoms with van der Waals surface area (Å²) < 4.78 is 18.2. The number of aromatic nitrogens is 2. The van der Waals surface area contributed by atoms with Gasteiger partial charge in [0.15, 0.2) is 0 Å². The van der Waals surface area contributed by atoms with Gasteiger partial charge >= 0.3 is 0 Å². The number of benzene rings is 2. The third-order valence-electron chi connectivity index (χ3n) is 4.13. The van der Waals surface area contributed by atoms with Gasteiger partial charge in [-0.1, -0.05) is 5.16 Å². The van der Waals surface area contributed by atoms with Crippen molar-refractivity contribution in [2.24, 2.45) is 4.99 Å². The maximum absolute atomic E-state index is 13.0. The van der Waals surface area contributed by atoms with E-state index in [1.807, 2.05) is 0 Å². The summed E-state index contributed by atoms with van der Waals surface area (Å²) in [6.07, 6.45) is 0. The quantitative estimate of drug-likeness (QED) is 0.549. The van der Waals surface area contributed by atoms with Gasteiger partial charge in [-0.15, -0.1) is 0 Å². The van der Waals surface area contributed by atoms with Gasteiger partial charge in [0.1, 0.15) is 17.6 Å². The van der Waals surface area contributed by atoms with E-state index in [1.165, 1.54) is 30.3 Å². The van der Waals surface area contributed by atoms with Gasteiger partial charge in [-0.2, -0.15) is 4.98 Å². The number of aromatic hydroxyl groups is 1. The standard InChI is InChI=1S/C20H19FN4O4/c1-11-9-15(27)7-8-16(11)22-12(2)18-24-20(29-25-18)17(10-26)23-19(28)13-3-5-14(21)6-4-13/h3-9,17,26-27H,10H2,1-2H3,(H,23,28)/t17-/m0/s1. The Kier molecular flexibility index (Phi) is 5.99. The monoisotopic (exact) mass is 398 g/mol. The van der Waals surface area contributed by atoms with Crippen LogP contribution in [0.5, 0.6) is 5.75 Å². The maximum Gasteiger partial charge on any atom is 0.251 e. The molecule has 0 aliphatic heterocycles. The average molecular weight is 398 g/mol. The highest BCUT2D eigenvalue weighted by Gasteiger charge is 2.22. The average Bonchev–Trinajstić information content (AvgIpc) is 3.18. The van der Waals surface area contributed by atoms with Gasteiger partial charge in [-0.25, -0.2) is 9.38 Å². The molecule has 0 saturated heterocycles. The molecule has 29 heavy (non-hydrogen) atoms. The number of aliphatic hydroxyl groups excluding tert-OH is 1. The van der Waals surface area contributed by atoms with Crippen LogP contribution in [0.15, 0.2) is 52.0 Å². The number of hydrogen-bond acceptors (Lipinski definition) is 7. The Hall–Kier alpha value is -3.59. The van der Waals surface area contributed by atoms with Crippen LogP contribution in [0.4, 0.5) is 10.1 Å². The fourth-order valence-corrected chi connectivity index (χ4v) is 2.55. The van der Waals surface area contributed by atoms with Crippen LogP contribution in [-0.2, 0) is 0 Å². The molecule has 0 unspecified atom stereocenters. The lowest BCUT2D eigenvalue weighted by Crippen LogP contribution is -2.31. The Morgan fingerprint density at radius 2 is 2.00 bits per heavy atom. The smallest absolute Gasteiger partial charge is 0.251 e. The van der Waals surface area contributed by atoms with E-state index in [-0.39, 0.29) is 23.0 Å². The summed E-state index contributed by atoms with van der Waals surface area (Å²) in [6, 6.07) is 8.82. The van der Waals surface area contributed by atoms with Crippen molar-refractivity contribution < 1.29 is 23.9 Å². The Labute approximate surface area is 165 Å². The highest BCUT2D eigenvalue weighted by molar-refractivity contribution is 5.97. The molecule has 0 radical (unpaired) electrons. The van der Waals surface area contributed by atoms with Crippen molar-refractivity contribution in [3.63, 3.8) is 0 Å². The van der Waals surface area contributed by atoms with Crippen LogP contribution in [0.3, 0.4) is 0 Å². The number of nitrogens with zero attached hydrogens (tertiary/aromatic N) is 3. The van der Waals surface area contributed by atoms with E-state index in [2.05, 4.69) is 20.4 Å². The van der Waals surface area contributed by atoms with Crippen LogP contribution in [-0.4, -0.2) is 38.6 Å². The molecule has 0 spiro atoms. The van der Waals surface area contributed by atoms with Crippen LogP contribution in [0.1, 0.15) is 40.6 Å². The molecule has 0 aliphatic rings. The summed E-state index contributed by atoms with van der Waals surface area (Å²) in [5.41, 5.74) is 2.09. The number of amides is 1. The summed E-state index contributed by atoms with van der Waals surface area (Å²) in [7, 11) is 0. The van der Waals surface area contributed by atoms with E-state index in [0.29, 0.717) is 11.4 Å². The molecule has 9 heteroatoms. The third kappa shape index (κ3) is 4.82. The van der Waals surface area contributed by atoms with Gasteiger partial charge in [-0.05, 0) is 61.9 Å². The lowest BCUT2D eigenvalue weighted by molar-refractivity contribution is 0.0901. The normalized spacial score (nSPS) is 12.6. The van der Waals surface area contributed by atoms with Crippen LogP contribution in [0.25, 0.3) is 0 Å². The minimum atomic E-state index is -0.933. The van der Waals surface area contributed by atoms with Crippen LogP contribution >= 0.6 is 0 Å². The maximum atomic E-state index is 13.0. The number of hydrogen-bond donors (Lipinski definition) is 3. The van der Waals surface area contributed by atoms with E-state index in [1.54, 1.807) is 26.0 Å². The predicted molar refractivity (Wildman–Crippen MR) is 103 cm³/mol. The SMILES string of the molecule is CC(=Nc1ccc(O)cc1C)c1noc([C@H](CO)NC(=O)c2ccc(F)cc2)n1. The molecular formula is C20H19FN4O4. The molecule has 3 aromatic rings. The summed E-state index contributed by atoms with van der Waals surface area (Å²) in [5.74, 6) is -0.630. The number of carbonyl (C=O) groups excluding carboxylic acids is 1. The molecule has 0 aliphatic carbocycles. The Balaban J connectivity index is 1.76. The lowest BCUT2D eigenvalue weighted by atomic mass is 10.2. The molecule has 2 aromatic carbocycles. The largest absolute Gasteiger partial charge is 0.508 e. The van der Waals surface area contributed by atoms with Crippen molar-refractivity contribution in [3.05, 3.63) is 71.1 Å². The van der Waals surface area contributed by atoms with Crippen molar-refractivity contribution >= 4 is 17.3 Å². The molecule has 8 nitrogen and oxygen atoms in total. The highest BCUT2D eigenvalue weighted by Crippen LogP contribution is 2.23. The first-order valence-corrected chi connectivity index (χ1v) is 8.73. The van der Waals surface area contributed by atoms with Gasteiger partial charge in [0.2, 0.25) is 5.82 Å². The molecule has 1 aromatic heterocycles. The van der Waals surface area contributed by atoms with E-state index >= 15 is 0 Å². The number of nitrogens with one attached hydrogen (secondary N) is 1. The zero-order chi connectivity index (χ0) is 21.0. The van der Waals surface area contributed by atoms with Crippen LogP contribution < -0.4 is 5.32 Å². The topological polar surface area (TPSA) is 121 Å². The van der Waals surface area contributed by atoms with Crippen molar-refractivity contribution in [3.8, 4) is 5.75 Å². The lowest BCUT2D eigenvalue weighted by Gasteiger charge is -2.12.